The monoisotopic (exact) mass is 447 g/mol. The van der Waals surface area contributed by atoms with Crippen molar-refractivity contribution < 1.29 is 22.7 Å². The van der Waals surface area contributed by atoms with Crippen LogP contribution in [0.2, 0.25) is 0 Å². The zero-order valence-electron chi connectivity index (χ0n) is 16.4. The Bertz CT molecular complexity index is 1090. The lowest BCUT2D eigenvalue weighted by molar-refractivity contribution is -0.115. The first-order chi connectivity index (χ1) is 14.3. The molecule has 1 amide bonds. The Labute approximate surface area is 178 Å². The van der Waals surface area contributed by atoms with E-state index in [1.54, 1.807) is 29.6 Å². The first-order valence-corrected chi connectivity index (χ1v) is 11.8. The summed E-state index contributed by atoms with van der Waals surface area (Å²) >= 11 is 1.13. The number of hydrogen-bond donors (Lipinski definition) is 2. The predicted molar refractivity (Wildman–Crippen MR) is 117 cm³/mol. The lowest BCUT2D eigenvalue weighted by Gasteiger charge is -2.09. The van der Waals surface area contributed by atoms with Gasteiger partial charge < -0.3 is 14.8 Å². The molecule has 0 atom stereocenters. The number of nitrogens with one attached hydrogen (secondary N) is 2. The van der Waals surface area contributed by atoms with E-state index in [0.29, 0.717) is 29.5 Å². The van der Waals surface area contributed by atoms with E-state index >= 15 is 0 Å². The third-order valence-corrected chi connectivity index (χ3v) is 5.17. The van der Waals surface area contributed by atoms with Crippen LogP contribution in [0.15, 0.2) is 53.9 Å². The van der Waals surface area contributed by atoms with Gasteiger partial charge in [-0.3, -0.25) is 9.52 Å². The van der Waals surface area contributed by atoms with Gasteiger partial charge in [0.1, 0.15) is 17.2 Å². The highest BCUT2D eigenvalue weighted by Gasteiger charge is 2.11. The fraction of sp³-hybridized carbons (Fsp3) is 0.200. The van der Waals surface area contributed by atoms with Crippen LogP contribution in [0.4, 0.5) is 10.8 Å². The summed E-state index contributed by atoms with van der Waals surface area (Å²) in [7, 11) is -3.39. The van der Waals surface area contributed by atoms with Crippen molar-refractivity contribution in [1.29, 1.82) is 0 Å². The second-order valence-corrected chi connectivity index (χ2v) is 8.88. The molecule has 0 radical (unpaired) electrons. The molecule has 0 saturated carbocycles. The third-order valence-electron chi connectivity index (χ3n) is 3.67. The van der Waals surface area contributed by atoms with Crippen LogP contribution in [0.25, 0.3) is 0 Å². The van der Waals surface area contributed by atoms with Crippen molar-refractivity contribution in [2.45, 2.75) is 13.3 Å². The van der Waals surface area contributed by atoms with Gasteiger partial charge in [-0.05, 0) is 55.5 Å². The predicted octanol–water partition coefficient (Wildman–Crippen LogP) is 3.89. The number of hydrogen-bond acceptors (Lipinski definition) is 7. The third kappa shape index (κ3) is 6.75. The summed E-state index contributed by atoms with van der Waals surface area (Å²) in [5, 5.41) is 4.65. The summed E-state index contributed by atoms with van der Waals surface area (Å²) in [6, 6.07) is 14.3. The highest BCUT2D eigenvalue weighted by Crippen LogP contribution is 2.25. The van der Waals surface area contributed by atoms with E-state index in [-0.39, 0.29) is 17.5 Å². The van der Waals surface area contributed by atoms with Gasteiger partial charge in [0.25, 0.3) is 0 Å². The van der Waals surface area contributed by atoms with E-state index in [9.17, 15) is 13.2 Å². The maximum absolute atomic E-state index is 12.2. The second-order valence-electron chi connectivity index (χ2n) is 6.27. The van der Waals surface area contributed by atoms with Crippen molar-refractivity contribution in [2.24, 2.45) is 0 Å². The highest BCUT2D eigenvalue weighted by molar-refractivity contribution is 7.92. The maximum atomic E-state index is 12.2. The van der Waals surface area contributed by atoms with Gasteiger partial charge >= 0.3 is 0 Å². The average Bonchev–Trinajstić information content (AvgIpc) is 3.10. The van der Waals surface area contributed by atoms with E-state index in [1.807, 2.05) is 31.2 Å². The normalized spacial score (nSPS) is 11.0. The minimum absolute atomic E-state index is 0.0341. The number of aromatic nitrogens is 1. The van der Waals surface area contributed by atoms with E-state index in [1.165, 1.54) is 0 Å². The highest BCUT2D eigenvalue weighted by atomic mass is 32.2. The maximum Gasteiger partial charge on any atom is 0.231 e. The standard InChI is InChI=1S/C20H21N3O5S2/c1-3-27-16-8-10-18(11-9-16)28-17-6-4-14(5-7-17)21-19(24)12-15-13-29-20(22-15)23-30(2,25)26/h4-11,13H,3,12H2,1-2H3,(H,21,24)(H,22,23). The quantitative estimate of drug-likeness (QED) is 0.515. The number of nitrogens with zero attached hydrogens (tertiary/aromatic N) is 1. The SMILES string of the molecule is CCOc1ccc(Oc2ccc(NC(=O)Cc3csc(NS(C)(=O)=O)n3)cc2)cc1. The molecule has 2 N–H and O–H groups in total. The molecule has 10 heteroatoms. The molecule has 8 nitrogen and oxygen atoms in total. The Kier molecular flexibility index (Phi) is 6.91. The minimum atomic E-state index is -3.39. The van der Waals surface area contributed by atoms with Crippen LogP contribution in [0.3, 0.4) is 0 Å². The lowest BCUT2D eigenvalue weighted by atomic mass is 10.2. The topological polar surface area (TPSA) is 107 Å². The molecule has 158 valence electrons. The van der Waals surface area contributed by atoms with E-state index in [0.717, 1.165) is 23.3 Å². The molecule has 30 heavy (non-hydrogen) atoms. The van der Waals surface area contributed by atoms with Crippen molar-refractivity contribution in [2.75, 3.05) is 22.9 Å². The molecule has 1 aromatic heterocycles. The Balaban J connectivity index is 1.53. The molecule has 0 spiro atoms. The zero-order chi connectivity index (χ0) is 21.6. The van der Waals surface area contributed by atoms with Crippen LogP contribution < -0.4 is 19.5 Å². The average molecular weight is 448 g/mol. The van der Waals surface area contributed by atoms with Gasteiger partial charge in [0.15, 0.2) is 5.13 Å². The second kappa shape index (κ2) is 9.59. The number of ether oxygens (including phenoxy) is 2. The van der Waals surface area contributed by atoms with Crippen molar-refractivity contribution in [3.63, 3.8) is 0 Å². The molecule has 0 saturated heterocycles. The van der Waals surface area contributed by atoms with Gasteiger partial charge in [-0.2, -0.15) is 0 Å². The van der Waals surface area contributed by atoms with Gasteiger partial charge in [-0.25, -0.2) is 13.4 Å². The van der Waals surface area contributed by atoms with Crippen LogP contribution in [0.5, 0.6) is 17.2 Å². The van der Waals surface area contributed by atoms with Crippen LogP contribution in [-0.2, 0) is 21.2 Å². The van der Waals surface area contributed by atoms with Gasteiger partial charge in [0, 0.05) is 11.1 Å². The Morgan fingerprint density at radius 3 is 2.23 bits per heavy atom. The summed E-state index contributed by atoms with van der Waals surface area (Å²) in [5.74, 6) is 1.83. The summed E-state index contributed by atoms with van der Waals surface area (Å²) in [6.45, 7) is 2.53. The number of carbonyl (C=O) groups is 1. The number of rotatable bonds is 9. The zero-order valence-corrected chi connectivity index (χ0v) is 18.0. The summed E-state index contributed by atoms with van der Waals surface area (Å²) in [5.41, 5.74) is 1.10. The number of benzene rings is 2. The van der Waals surface area contributed by atoms with E-state index < -0.39 is 10.0 Å². The molecule has 1 heterocycles. The van der Waals surface area contributed by atoms with E-state index in [2.05, 4.69) is 15.0 Å². The molecule has 0 aliphatic carbocycles. The molecule has 0 fully saturated rings. The van der Waals surface area contributed by atoms with Gasteiger partial charge in [-0.1, -0.05) is 0 Å². The molecule has 0 aliphatic heterocycles. The lowest BCUT2D eigenvalue weighted by Crippen LogP contribution is -2.15. The van der Waals surface area contributed by atoms with E-state index in [4.69, 9.17) is 9.47 Å². The van der Waals surface area contributed by atoms with Crippen molar-refractivity contribution in [3.8, 4) is 17.2 Å². The number of anilines is 2. The molecule has 0 bridgehead atoms. The summed E-state index contributed by atoms with van der Waals surface area (Å²) in [6.07, 6.45) is 1.08. The number of amides is 1. The summed E-state index contributed by atoms with van der Waals surface area (Å²) in [4.78, 5) is 16.3. The van der Waals surface area contributed by atoms with Crippen molar-refractivity contribution in [1.82, 2.24) is 4.98 Å². The minimum Gasteiger partial charge on any atom is -0.494 e. The number of carbonyl (C=O) groups excluding carboxylic acids is 1. The molecule has 0 aliphatic rings. The Morgan fingerprint density at radius 1 is 1.03 bits per heavy atom. The fourth-order valence-corrected chi connectivity index (χ4v) is 4.04. The van der Waals surface area contributed by atoms with Gasteiger partial charge in [0.2, 0.25) is 15.9 Å². The van der Waals surface area contributed by atoms with Crippen molar-refractivity contribution >= 4 is 38.1 Å². The first kappa shape index (κ1) is 21.6. The molecule has 0 unspecified atom stereocenters. The number of sulfonamides is 1. The van der Waals surface area contributed by atoms with Crippen LogP contribution in [0.1, 0.15) is 12.6 Å². The smallest absolute Gasteiger partial charge is 0.231 e. The van der Waals surface area contributed by atoms with Gasteiger partial charge in [0.05, 0.1) is 25.0 Å². The molecule has 2 aromatic carbocycles. The molecular formula is C20H21N3O5S2. The fourth-order valence-electron chi connectivity index (χ4n) is 2.48. The van der Waals surface area contributed by atoms with Crippen LogP contribution in [-0.4, -0.2) is 32.2 Å². The molecule has 3 rings (SSSR count). The Hall–Kier alpha value is -3.11. The van der Waals surface area contributed by atoms with Crippen LogP contribution in [0, 0.1) is 0 Å². The van der Waals surface area contributed by atoms with Gasteiger partial charge in [-0.15, -0.1) is 11.3 Å². The summed E-state index contributed by atoms with van der Waals surface area (Å²) < 4.78 is 35.9. The molecule has 3 aromatic rings. The Morgan fingerprint density at radius 2 is 1.63 bits per heavy atom. The van der Waals surface area contributed by atoms with Crippen LogP contribution >= 0.6 is 11.3 Å². The molecular weight excluding hydrogens is 426 g/mol. The largest absolute Gasteiger partial charge is 0.494 e. The number of thiazole rings is 1. The van der Waals surface area contributed by atoms with Crippen molar-refractivity contribution in [3.05, 3.63) is 59.6 Å². The first-order valence-electron chi connectivity index (χ1n) is 9.03.